The maximum absolute atomic E-state index is 6.04. The van der Waals surface area contributed by atoms with Gasteiger partial charge in [-0.25, -0.2) is 0 Å². The third kappa shape index (κ3) is 4.70. The highest BCUT2D eigenvalue weighted by Crippen LogP contribution is 2.33. The van der Waals surface area contributed by atoms with Gasteiger partial charge in [-0.05, 0) is 50.5 Å². The summed E-state index contributed by atoms with van der Waals surface area (Å²) in [6, 6.07) is 5.77. The summed E-state index contributed by atoms with van der Waals surface area (Å²) < 4.78 is 8.11. The van der Waals surface area contributed by atoms with Gasteiger partial charge in [0.2, 0.25) is 0 Å². The first-order chi connectivity index (χ1) is 12.2. The molecule has 4 nitrogen and oxygen atoms in total. The Morgan fingerprint density at radius 2 is 2.04 bits per heavy atom. The number of benzene rings is 1. The van der Waals surface area contributed by atoms with Crippen LogP contribution in [0.15, 0.2) is 23.4 Å². The molecule has 1 aromatic carbocycles. The first kappa shape index (κ1) is 18.6. The Bertz CT molecular complexity index is 698. The molecular formula is C19H26ClN3OS. The minimum atomic E-state index is 0.587. The number of nitrogens with zero attached hydrogens (tertiary/aromatic N) is 3. The van der Waals surface area contributed by atoms with Crippen molar-refractivity contribution in [1.29, 1.82) is 0 Å². The van der Waals surface area contributed by atoms with Crippen LogP contribution < -0.4 is 4.74 Å². The molecule has 1 heterocycles. The number of hydrogen-bond acceptors (Lipinski definition) is 4. The minimum absolute atomic E-state index is 0.587. The standard InChI is InChI=1S/C19H26ClN3OS/c1-3-23-18(15-7-5-4-6-8-15)21-22-19(23)25-12-11-24-16-9-10-17(20)14(2)13-16/h9-10,13,15H,3-8,11-12H2,1-2H3. The molecular weight excluding hydrogens is 354 g/mol. The van der Waals surface area contributed by atoms with Crippen LogP contribution in [0.25, 0.3) is 0 Å². The summed E-state index contributed by atoms with van der Waals surface area (Å²) in [7, 11) is 0. The third-order valence-corrected chi connectivity index (χ3v) is 6.10. The van der Waals surface area contributed by atoms with Gasteiger partial charge in [-0.2, -0.15) is 0 Å². The predicted octanol–water partition coefficient (Wildman–Crippen LogP) is 5.48. The lowest BCUT2D eigenvalue weighted by atomic mass is 9.89. The molecule has 6 heteroatoms. The summed E-state index contributed by atoms with van der Waals surface area (Å²) in [5.74, 6) is 3.48. The van der Waals surface area contributed by atoms with E-state index in [9.17, 15) is 0 Å². The molecule has 0 saturated heterocycles. The zero-order valence-corrected chi connectivity index (χ0v) is 16.6. The van der Waals surface area contributed by atoms with E-state index in [1.54, 1.807) is 11.8 Å². The van der Waals surface area contributed by atoms with E-state index < -0.39 is 0 Å². The molecule has 0 unspecified atom stereocenters. The van der Waals surface area contributed by atoms with Gasteiger partial charge in [0.15, 0.2) is 5.16 Å². The van der Waals surface area contributed by atoms with Crippen molar-refractivity contribution in [1.82, 2.24) is 14.8 Å². The van der Waals surface area contributed by atoms with Crippen molar-refractivity contribution >= 4 is 23.4 Å². The molecule has 0 aliphatic heterocycles. The Morgan fingerprint density at radius 3 is 2.76 bits per heavy atom. The fraction of sp³-hybridized carbons (Fsp3) is 0.579. The second kappa shape index (κ2) is 8.95. The average molecular weight is 380 g/mol. The molecule has 0 atom stereocenters. The van der Waals surface area contributed by atoms with Gasteiger partial charge in [-0.15, -0.1) is 10.2 Å². The lowest BCUT2D eigenvalue weighted by Gasteiger charge is -2.21. The number of halogens is 1. The van der Waals surface area contributed by atoms with Crippen LogP contribution in [-0.2, 0) is 6.54 Å². The van der Waals surface area contributed by atoms with Crippen LogP contribution in [0.5, 0.6) is 5.75 Å². The van der Waals surface area contributed by atoms with Crippen LogP contribution in [0, 0.1) is 6.92 Å². The minimum Gasteiger partial charge on any atom is -0.493 e. The molecule has 1 aliphatic rings. The van der Waals surface area contributed by atoms with E-state index in [0.717, 1.165) is 33.8 Å². The van der Waals surface area contributed by atoms with Crippen LogP contribution in [0.4, 0.5) is 0 Å². The number of ether oxygens (including phenoxy) is 1. The smallest absolute Gasteiger partial charge is 0.191 e. The van der Waals surface area contributed by atoms with Crippen LogP contribution >= 0.6 is 23.4 Å². The molecule has 0 radical (unpaired) electrons. The van der Waals surface area contributed by atoms with Crippen molar-refractivity contribution in [3.05, 3.63) is 34.6 Å². The Morgan fingerprint density at radius 1 is 1.24 bits per heavy atom. The quantitative estimate of drug-likeness (QED) is 0.471. The van der Waals surface area contributed by atoms with Crippen LogP contribution in [0.1, 0.15) is 56.3 Å². The molecule has 0 spiro atoms. The van der Waals surface area contributed by atoms with Crippen LogP contribution in [0.3, 0.4) is 0 Å². The molecule has 1 aromatic heterocycles. The molecule has 1 fully saturated rings. The predicted molar refractivity (Wildman–Crippen MR) is 104 cm³/mol. The molecule has 136 valence electrons. The van der Waals surface area contributed by atoms with E-state index in [0.29, 0.717) is 12.5 Å². The monoisotopic (exact) mass is 379 g/mol. The molecule has 1 saturated carbocycles. The van der Waals surface area contributed by atoms with Gasteiger partial charge >= 0.3 is 0 Å². The topological polar surface area (TPSA) is 39.9 Å². The lowest BCUT2D eigenvalue weighted by Crippen LogP contribution is -2.12. The van der Waals surface area contributed by atoms with Gasteiger partial charge in [-0.1, -0.05) is 42.6 Å². The van der Waals surface area contributed by atoms with Crippen LogP contribution in [0.2, 0.25) is 5.02 Å². The summed E-state index contributed by atoms with van der Waals surface area (Å²) in [6.45, 7) is 5.73. The molecule has 2 aromatic rings. The van der Waals surface area contributed by atoms with Crippen molar-refractivity contribution in [3.8, 4) is 5.75 Å². The van der Waals surface area contributed by atoms with Gasteiger partial charge < -0.3 is 9.30 Å². The second-order valence-electron chi connectivity index (χ2n) is 6.53. The highest BCUT2D eigenvalue weighted by atomic mass is 35.5. The molecule has 0 N–H and O–H groups in total. The zero-order valence-electron chi connectivity index (χ0n) is 15.0. The molecule has 0 amide bonds. The van der Waals surface area contributed by atoms with E-state index in [1.165, 1.54) is 37.9 Å². The molecule has 25 heavy (non-hydrogen) atoms. The van der Waals surface area contributed by atoms with Crippen molar-refractivity contribution in [2.75, 3.05) is 12.4 Å². The summed E-state index contributed by atoms with van der Waals surface area (Å²) >= 11 is 7.77. The maximum Gasteiger partial charge on any atom is 0.191 e. The van der Waals surface area contributed by atoms with Crippen molar-refractivity contribution in [2.24, 2.45) is 0 Å². The van der Waals surface area contributed by atoms with Crippen LogP contribution in [-0.4, -0.2) is 27.1 Å². The average Bonchev–Trinajstić information content (AvgIpc) is 3.05. The highest BCUT2D eigenvalue weighted by molar-refractivity contribution is 7.99. The van der Waals surface area contributed by atoms with Crippen molar-refractivity contribution in [2.45, 2.75) is 63.6 Å². The Hall–Kier alpha value is -1.20. The van der Waals surface area contributed by atoms with Crippen molar-refractivity contribution in [3.63, 3.8) is 0 Å². The lowest BCUT2D eigenvalue weighted by molar-refractivity contribution is 0.343. The summed E-state index contributed by atoms with van der Waals surface area (Å²) in [6.07, 6.45) is 6.50. The van der Waals surface area contributed by atoms with Gasteiger partial charge in [0.25, 0.3) is 0 Å². The van der Waals surface area contributed by atoms with Gasteiger partial charge in [-0.3, -0.25) is 0 Å². The maximum atomic E-state index is 6.04. The zero-order chi connectivity index (χ0) is 17.6. The fourth-order valence-corrected chi connectivity index (χ4v) is 4.31. The Labute approximate surface area is 159 Å². The molecule has 0 bridgehead atoms. The third-order valence-electron chi connectivity index (χ3n) is 4.74. The number of thioether (sulfide) groups is 1. The van der Waals surface area contributed by atoms with Gasteiger partial charge in [0.1, 0.15) is 11.6 Å². The Kier molecular flexibility index (Phi) is 6.65. The second-order valence-corrected chi connectivity index (χ2v) is 8.00. The highest BCUT2D eigenvalue weighted by Gasteiger charge is 2.22. The van der Waals surface area contributed by atoms with E-state index in [-0.39, 0.29) is 0 Å². The summed E-state index contributed by atoms with van der Waals surface area (Å²) in [5, 5.41) is 10.7. The summed E-state index contributed by atoms with van der Waals surface area (Å²) in [5.41, 5.74) is 1.04. The summed E-state index contributed by atoms with van der Waals surface area (Å²) in [4.78, 5) is 0. The SMILES string of the molecule is CCn1c(SCCOc2ccc(Cl)c(C)c2)nnc1C1CCCCC1. The van der Waals surface area contributed by atoms with Gasteiger partial charge in [0, 0.05) is 23.2 Å². The first-order valence-corrected chi connectivity index (χ1v) is 10.5. The number of aryl methyl sites for hydroxylation is 1. The number of hydrogen-bond donors (Lipinski definition) is 0. The van der Waals surface area contributed by atoms with E-state index in [2.05, 4.69) is 21.7 Å². The number of aromatic nitrogens is 3. The number of rotatable bonds is 7. The van der Waals surface area contributed by atoms with E-state index >= 15 is 0 Å². The first-order valence-electron chi connectivity index (χ1n) is 9.14. The van der Waals surface area contributed by atoms with Crippen molar-refractivity contribution < 1.29 is 4.74 Å². The van der Waals surface area contributed by atoms with E-state index in [4.69, 9.17) is 16.3 Å². The van der Waals surface area contributed by atoms with E-state index in [1.807, 2.05) is 25.1 Å². The molecule has 3 rings (SSSR count). The Balaban J connectivity index is 1.54. The largest absolute Gasteiger partial charge is 0.493 e. The normalized spacial score (nSPS) is 15.5. The van der Waals surface area contributed by atoms with Gasteiger partial charge in [0.05, 0.1) is 6.61 Å². The fourth-order valence-electron chi connectivity index (χ4n) is 3.37. The molecule has 1 aliphatic carbocycles.